The summed E-state index contributed by atoms with van der Waals surface area (Å²) < 4.78 is 2.26. The Labute approximate surface area is 171 Å². The molecular weight excluding hydrogens is 354 g/mol. The van der Waals surface area contributed by atoms with Crippen LogP contribution >= 0.6 is 0 Å². The van der Waals surface area contributed by atoms with E-state index in [-0.39, 0.29) is 0 Å². The molecule has 0 N–H and O–H groups in total. The van der Waals surface area contributed by atoms with E-state index in [1.807, 2.05) is 18.2 Å². The Balaban J connectivity index is 1.49. The summed E-state index contributed by atoms with van der Waals surface area (Å²) >= 11 is 0. The Hall–Kier alpha value is -3.35. The van der Waals surface area contributed by atoms with Gasteiger partial charge in [0.05, 0.1) is 11.6 Å². The first kappa shape index (κ1) is 17.7. The molecule has 0 saturated heterocycles. The van der Waals surface area contributed by atoms with Gasteiger partial charge in [-0.25, -0.2) is 0 Å². The Bertz CT molecular complexity index is 1230. The summed E-state index contributed by atoms with van der Waals surface area (Å²) in [6.45, 7) is 2.84. The smallest absolute Gasteiger partial charge is 0.0991 e. The third-order valence-electron chi connectivity index (χ3n) is 5.97. The highest BCUT2D eigenvalue weighted by Crippen LogP contribution is 2.34. The molecular formula is C26H23N3. The number of nitriles is 1. The standard InChI is InChI=1S/C26H23N3/c1-28-17-23-7-2-3-8-24(23)25(18-28)21-9-10-26-22(14-21)11-12-29(26)16-20-6-4-5-19(13-20)15-27/h2-14,25H,16-18H2,1H3. The minimum Gasteiger partial charge on any atom is -0.343 e. The lowest BCUT2D eigenvalue weighted by Gasteiger charge is -2.32. The van der Waals surface area contributed by atoms with Crippen LogP contribution in [0.15, 0.2) is 79.0 Å². The maximum Gasteiger partial charge on any atom is 0.0991 e. The van der Waals surface area contributed by atoms with E-state index in [1.54, 1.807) is 0 Å². The second kappa shape index (κ2) is 7.24. The molecule has 0 spiro atoms. The maximum absolute atomic E-state index is 9.14. The van der Waals surface area contributed by atoms with Crippen LogP contribution in [0.4, 0.5) is 0 Å². The SMILES string of the molecule is CN1Cc2ccccc2C(c2ccc3c(ccn3Cc3cccc(C#N)c3)c2)C1. The zero-order chi connectivity index (χ0) is 19.8. The van der Waals surface area contributed by atoms with Crippen LogP contribution in [-0.4, -0.2) is 23.1 Å². The lowest BCUT2D eigenvalue weighted by molar-refractivity contribution is 0.295. The highest BCUT2D eigenvalue weighted by atomic mass is 15.1. The summed E-state index contributed by atoms with van der Waals surface area (Å²) in [5, 5.41) is 10.4. The average Bonchev–Trinajstić information content (AvgIpc) is 3.15. The van der Waals surface area contributed by atoms with Gasteiger partial charge in [0, 0.05) is 37.3 Å². The van der Waals surface area contributed by atoms with Crippen molar-refractivity contribution in [3.05, 3.63) is 107 Å². The van der Waals surface area contributed by atoms with Gasteiger partial charge in [-0.2, -0.15) is 5.26 Å². The van der Waals surface area contributed by atoms with Crippen molar-refractivity contribution in [2.24, 2.45) is 0 Å². The van der Waals surface area contributed by atoms with E-state index in [4.69, 9.17) is 5.26 Å². The van der Waals surface area contributed by atoms with Crippen molar-refractivity contribution in [1.82, 2.24) is 9.47 Å². The van der Waals surface area contributed by atoms with Crippen molar-refractivity contribution >= 4 is 10.9 Å². The molecule has 1 aliphatic rings. The highest BCUT2D eigenvalue weighted by Gasteiger charge is 2.24. The molecule has 3 heteroatoms. The maximum atomic E-state index is 9.14. The van der Waals surface area contributed by atoms with Crippen LogP contribution in [-0.2, 0) is 13.1 Å². The van der Waals surface area contributed by atoms with Gasteiger partial charge < -0.3 is 9.47 Å². The summed E-state index contributed by atoms with van der Waals surface area (Å²) in [6, 6.07) is 28.0. The first-order valence-electron chi connectivity index (χ1n) is 10.1. The molecule has 1 unspecified atom stereocenters. The van der Waals surface area contributed by atoms with Crippen LogP contribution < -0.4 is 0 Å². The summed E-state index contributed by atoms with van der Waals surface area (Å²) in [6.07, 6.45) is 2.15. The molecule has 0 aliphatic carbocycles. The molecule has 1 aliphatic heterocycles. The van der Waals surface area contributed by atoms with Crippen LogP contribution in [0.25, 0.3) is 10.9 Å². The topological polar surface area (TPSA) is 32.0 Å². The molecule has 29 heavy (non-hydrogen) atoms. The molecule has 1 atom stereocenters. The van der Waals surface area contributed by atoms with Gasteiger partial charge in [0.25, 0.3) is 0 Å². The van der Waals surface area contributed by atoms with Gasteiger partial charge in [0.1, 0.15) is 0 Å². The summed E-state index contributed by atoms with van der Waals surface area (Å²) in [4.78, 5) is 2.41. The normalized spacial score (nSPS) is 16.5. The Morgan fingerprint density at radius 3 is 2.79 bits per heavy atom. The predicted molar refractivity (Wildman–Crippen MR) is 117 cm³/mol. The molecule has 0 amide bonds. The van der Waals surface area contributed by atoms with Gasteiger partial charge >= 0.3 is 0 Å². The largest absolute Gasteiger partial charge is 0.343 e. The average molecular weight is 377 g/mol. The van der Waals surface area contributed by atoms with Crippen molar-refractivity contribution in [3.8, 4) is 6.07 Å². The fraction of sp³-hybridized carbons (Fsp3) is 0.192. The molecule has 0 saturated carbocycles. The van der Waals surface area contributed by atoms with E-state index in [2.05, 4.69) is 83.4 Å². The summed E-state index contributed by atoms with van der Waals surface area (Å²) in [5.74, 6) is 0.407. The molecule has 3 nitrogen and oxygen atoms in total. The van der Waals surface area contributed by atoms with Gasteiger partial charge in [0.2, 0.25) is 0 Å². The van der Waals surface area contributed by atoms with Gasteiger partial charge in [-0.15, -0.1) is 0 Å². The third-order valence-corrected chi connectivity index (χ3v) is 5.97. The molecule has 3 aromatic carbocycles. The molecule has 2 heterocycles. The van der Waals surface area contributed by atoms with Crippen LogP contribution in [0.3, 0.4) is 0 Å². The number of rotatable bonds is 3. The second-order valence-electron chi connectivity index (χ2n) is 8.02. The van der Waals surface area contributed by atoms with Crippen LogP contribution in [0.2, 0.25) is 0 Å². The van der Waals surface area contributed by atoms with E-state index in [1.165, 1.54) is 27.6 Å². The molecule has 142 valence electrons. The molecule has 4 aromatic rings. The van der Waals surface area contributed by atoms with Crippen molar-refractivity contribution in [3.63, 3.8) is 0 Å². The third kappa shape index (κ3) is 3.33. The van der Waals surface area contributed by atoms with Crippen molar-refractivity contribution in [2.45, 2.75) is 19.0 Å². The molecule has 5 rings (SSSR count). The van der Waals surface area contributed by atoms with Gasteiger partial charge in [-0.05, 0) is 65.0 Å². The molecule has 1 aromatic heterocycles. The van der Waals surface area contributed by atoms with Crippen LogP contribution in [0, 0.1) is 11.3 Å². The van der Waals surface area contributed by atoms with E-state index >= 15 is 0 Å². The van der Waals surface area contributed by atoms with Crippen LogP contribution in [0.5, 0.6) is 0 Å². The van der Waals surface area contributed by atoms with Gasteiger partial charge in [0.15, 0.2) is 0 Å². The van der Waals surface area contributed by atoms with Crippen molar-refractivity contribution in [1.29, 1.82) is 5.26 Å². The summed E-state index contributed by atoms with van der Waals surface area (Å²) in [5.41, 5.74) is 7.35. The minimum atomic E-state index is 0.407. The number of hydrogen-bond acceptors (Lipinski definition) is 2. The molecule has 0 bridgehead atoms. The zero-order valence-corrected chi connectivity index (χ0v) is 16.5. The number of nitrogens with zero attached hydrogens (tertiary/aromatic N) is 3. The first-order chi connectivity index (χ1) is 14.2. The summed E-state index contributed by atoms with van der Waals surface area (Å²) in [7, 11) is 2.20. The fourth-order valence-corrected chi connectivity index (χ4v) is 4.58. The van der Waals surface area contributed by atoms with E-state index in [0.29, 0.717) is 11.5 Å². The number of likely N-dealkylation sites (N-methyl/N-ethyl adjacent to an activating group) is 1. The lowest BCUT2D eigenvalue weighted by atomic mass is 9.84. The predicted octanol–water partition coefficient (Wildman–Crippen LogP) is 5.14. The van der Waals surface area contributed by atoms with Gasteiger partial charge in [-0.3, -0.25) is 0 Å². The molecule has 0 radical (unpaired) electrons. The zero-order valence-electron chi connectivity index (χ0n) is 16.5. The van der Waals surface area contributed by atoms with Gasteiger partial charge in [-0.1, -0.05) is 42.5 Å². The first-order valence-corrected chi connectivity index (χ1v) is 10.1. The van der Waals surface area contributed by atoms with E-state index in [0.717, 1.165) is 25.2 Å². The number of aromatic nitrogens is 1. The Morgan fingerprint density at radius 1 is 1.00 bits per heavy atom. The Morgan fingerprint density at radius 2 is 1.90 bits per heavy atom. The van der Waals surface area contributed by atoms with Crippen LogP contribution in [0.1, 0.15) is 33.7 Å². The highest BCUT2D eigenvalue weighted by molar-refractivity contribution is 5.81. The molecule has 0 fully saturated rings. The number of fused-ring (bicyclic) bond motifs is 2. The van der Waals surface area contributed by atoms with E-state index < -0.39 is 0 Å². The second-order valence-corrected chi connectivity index (χ2v) is 8.02. The number of hydrogen-bond donors (Lipinski definition) is 0. The Kier molecular flexibility index (Phi) is 4.42. The monoisotopic (exact) mass is 377 g/mol. The number of benzene rings is 3. The quantitative estimate of drug-likeness (QED) is 0.495. The van der Waals surface area contributed by atoms with Crippen molar-refractivity contribution < 1.29 is 0 Å². The van der Waals surface area contributed by atoms with E-state index in [9.17, 15) is 0 Å². The lowest BCUT2D eigenvalue weighted by Crippen LogP contribution is -2.30. The minimum absolute atomic E-state index is 0.407. The van der Waals surface area contributed by atoms with Crippen molar-refractivity contribution in [2.75, 3.05) is 13.6 Å². The fourth-order valence-electron chi connectivity index (χ4n) is 4.58.